The van der Waals surface area contributed by atoms with E-state index in [1.165, 1.54) is 17.8 Å². The summed E-state index contributed by atoms with van der Waals surface area (Å²) in [4.78, 5) is 18.7. The van der Waals surface area contributed by atoms with E-state index in [2.05, 4.69) is 21.3 Å². The van der Waals surface area contributed by atoms with Crippen LogP contribution in [0.1, 0.15) is 22.3 Å². The highest BCUT2D eigenvalue weighted by molar-refractivity contribution is 6.04. The number of benzene rings is 2. The van der Waals surface area contributed by atoms with E-state index < -0.39 is 23.2 Å². The lowest BCUT2D eigenvalue weighted by Crippen LogP contribution is -2.25. The fourth-order valence-electron chi connectivity index (χ4n) is 3.30. The third-order valence-electron chi connectivity index (χ3n) is 4.61. The Balaban J connectivity index is 1.63. The van der Waals surface area contributed by atoms with Crippen molar-refractivity contribution in [2.24, 2.45) is 0 Å². The van der Waals surface area contributed by atoms with Crippen molar-refractivity contribution in [3.63, 3.8) is 0 Å². The Morgan fingerprint density at radius 3 is 2.63 bits per heavy atom. The van der Waals surface area contributed by atoms with Gasteiger partial charge in [-0.3, -0.25) is 9.78 Å². The molecule has 0 spiro atoms. The Morgan fingerprint density at radius 2 is 1.81 bits per heavy atom. The maximum absolute atomic E-state index is 13.8. The van der Waals surface area contributed by atoms with Crippen LogP contribution >= 0.6 is 0 Å². The second-order valence-electron chi connectivity index (χ2n) is 6.37. The fourth-order valence-corrected chi connectivity index (χ4v) is 3.30. The van der Waals surface area contributed by atoms with Gasteiger partial charge in [-0.15, -0.1) is 0 Å². The lowest BCUT2D eigenvalue weighted by Gasteiger charge is -2.31. The van der Waals surface area contributed by atoms with Crippen LogP contribution in [0, 0.1) is 11.6 Å². The summed E-state index contributed by atoms with van der Waals surface area (Å²) in [7, 11) is 0. The van der Waals surface area contributed by atoms with Crippen LogP contribution in [0.15, 0.2) is 60.9 Å². The molecule has 4 rings (SSSR count). The number of carbonyl (C=O) groups excluding carboxylic acids is 1. The molecule has 0 radical (unpaired) electrons. The second kappa shape index (κ2) is 7.15. The van der Waals surface area contributed by atoms with E-state index in [0.29, 0.717) is 0 Å². The summed E-state index contributed by atoms with van der Waals surface area (Å²) in [5, 5.41) is 2.30. The maximum atomic E-state index is 13.8. The van der Waals surface area contributed by atoms with Gasteiger partial charge < -0.3 is 10.2 Å². The molecule has 0 saturated heterocycles. The Hall–Kier alpha value is -3.28. The van der Waals surface area contributed by atoms with Gasteiger partial charge in [-0.05, 0) is 42.7 Å². The normalized spacial score (nSPS) is 13.2. The molecule has 0 atom stereocenters. The molecule has 4 nitrogen and oxygen atoms in total. The molecule has 1 aliphatic heterocycles. The number of rotatable bonds is 3. The first kappa shape index (κ1) is 17.1. The second-order valence-corrected chi connectivity index (χ2v) is 6.37. The SMILES string of the molecule is O=C(Nc1c(F)cccc1F)c1cncc(N2CCCc3ccccc32)c1. The summed E-state index contributed by atoms with van der Waals surface area (Å²) in [6.45, 7) is 0.811. The van der Waals surface area contributed by atoms with Crippen molar-refractivity contribution in [2.75, 3.05) is 16.8 Å². The highest BCUT2D eigenvalue weighted by atomic mass is 19.1. The van der Waals surface area contributed by atoms with Crippen LogP contribution < -0.4 is 10.2 Å². The summed E-state index contributed by atoms with van der Waals surface area (Å²) >= 11 is 0. The molecule has 1 aromatic heterocycles. The maximum Gasteiger partial charge on any atom is 0.257 e. The molecule has 0 saturated carbocycles. The molecule has 6 heteroatoms. The zero-order valence-corrected chi connectivity index (χ0v) is 14.5. The molecular weight excluding hydrogens is 348 g/mol. The van der Waals surface area contributed by atoms with Crippen LogP contribution in [-0.4, -0.2) is 17.4 Å². The third-order valence-corrected chi connectivity index (χ3v) is 4.61. The van der Waals surface area contributed by atoms with Crippen molar-refractivity contribution in [2.45, 2.75) is 12.8 Å². The minimum Gasteiger partial charge on any atom is -0.340 e. The van der Waals surface area contributed by atoms with Gasteiger partial charge in [-0.2, -0.15) is 0 Å². The predicted octanol–water partition coefficient (Wildman–Crippen LogP) is 4.70. The molecule has 1 amide bonds. The van der Waals surface area contributed by atoms with Gasteiger partial charge in [0.25, 0.3) is 5.91 Å². The van der Waals surface area contributed by atoms with Gasteiger partial charge in [0.15, 0.2) is 0 Å². The third kappa shape index (κ3) is 3.38. The summed E-state index contributed by atoms with van der Waals surface area (Å²) in [6.07, 6.45) is 5.07. The lowest BCUT2D eigenvalue weighted by molar-refractivity contribution is 0.102. The molecule has 1 N–H and O–H groups in total. The summed E-state index contributed by atoms with van der Waals surface area (Å²) in [5.41, 5.74) is 2.87. The summed E-state index contributed by atoms with van der Waals surface area (Å²) in [5.74, 6) is -2.26. The van der Waals surface area contributed by atoms with Gasteiger partial charge in [-0.25, -0.2) is 8.78 Å². The molecule has 2 aromatic carbocycles. The molecule has 0 aliphatic carbocycles. The van der Waals surface area contributed by atoms with E-state index in [-0.39, 0.29) is 5.56 Å². The average molecular weight is 365 g/mol. The Bertz CT molecular complexity index is 986. The van der Waals surface area contributed by atoms with Crippen LogP contribution in [0.4, 0.5) is 25.8 Å². The zero-order chi connectivity index (χ0) is 18.8. The van der Waals surface area contributed by atoms with E-state index >= 15 is 0 Å². The monoisotopic (exact) mass is 365 g/mol. The molecule has 0 fully saturated rings. The smallest absolute Gasteiger partial charge is 0.257 e. The van der Waals surface area contributed by atoms with Crippen molar-refractivity contribution >= 4 is 23.0 Å². The van der Waals surface area contributed by atoms with Gasteiger partial charge >= 0.3 is 0 Å². The number of halogens is 2. The van der Waals surface area contributed by atoms with Gasteiger partial charge in [-0.1, -0.05) is 24.3 Å². The minimum absolute atomic E-state index is 0.234. The van der Waals surface area contributed by atoms with Gasteiger partial charge in [0, 0.05) is 18.4 Å². The highest BCUT2D eigenvalue weighted by Crippen LogP contribution is 2.33. The van der Waals surface area contributed by atoms with Crippen LogP contribution in [0.3, 0.4) is 0 Å². The molecular formula is C21H17F2N3O. The van der Waals surface area contributed by atoms with E-state index in [9.17, 15) is 13.6 Å². The summed E-state index contributed by atoms with van der Waals surface area (Å²) in [6, 6.07) is 13.2. The number of anilines is 3. The number of aromatic nitrogens is 1. The number of para-hydroxylation sites is 2. The minimum atomic E-state index is -0.822. The number of hydrogen-bond acceptors (Lipinski definition) is 3. The Kier molecular flexibility index (Phi) is 4.54. The van der Waals surface area contributed by atoms with Crippen molar-refractivity contribution in [3.05, 3.63) is 83.7 Å². The molecule has 27 heavy (non-hydrogen) atoms. The molecule has 0 bridgehead atoms. The first-order chi connectivity index (χ1) is 13.1. The van der Waals surface area contributed by atoms with Gasteiger partial charge in [0.1, 0.15) is 17.3 Å². The standard InChI is InChI=1S/C21H17F2N3O/c22-17-7-3-8-18(23)20(17)25-21(27)15-11-16(13-24-12-15)26-10-4-6-14-5-1-2-9-19(14)26/h1-3,5,7-9,11-13H,4,6,10H2,(H,25,27). The Morgan fingerprint density at radius 1 is 1.04 bits per heavy atom. The van der Waals surface area contributed by atoms with Crippen molar-refractivity contribution in [3.8, 4) is 0 Å². The molecule has 0 unspecified atom stereocenters. The number of amides is 1. The number of fused-ring (bicyclic) bond motifs is 1. The van der Waals surface area contributed by atoms with Gasteiger partial charge in [0.05, 0.1) is 17.4 Å². The van der Waals surface area contributed by atoms with Crippen LogP contribution in [0.2, 0.25) is 0 Å². The first-order valence-electron chi connectivity index (χ1n) is 8.69. The topological polar surface area (TPSA) is 45.2 Å². The number of nitrogens with one attached hydrogen (secondary N) is 1. The largest absolute Gasteiger partial charge is 0.340 e. The molecule has 3 aromatic rings. The number of aryl methyl sites for hydroxylation is 1. The van der Waals surface area contributed by atoms with E-state index in [1.807, 2.05) is 18.2 Å². The molecule has 136 valence electrons. The fraction of sp³-hybridized carbons (Fsp3) is 0.143. The van der Waals surface area contributed by atoms with Crippen LogP contribution in [0.25, 0.3) is 0 Å². The van der Waals surface area contributed by atoms with E-state index in [0.717, 1.165) is 42.9 Å². The number of carbonyl (C=O) groups is 1. The number of nitrogens with zero attached hydrogens (tertiary/aromatic N) is 2. The summed E-state index contributed by atoms with van der Waals surface area (Å²) < 4.78 is 27.6. The quantitative estimate of drug-likeness (QED) is 0.732. The van der Waals surface area contributed by atoms with Crippen molar-refractivity contribution in [1.82, 2.24) is 4.98 Å². The first-order valence-corrected chi connectivity index (χ1v) is 8.69. The Labute approximate surface area is 155 Å². The number of pyridine rings is 1. The highest BCUT2D eigenvalue weighted by Gasteiger charge is 2.20. The average Bonchev–Trinajstić information content (AvgIpc) is 2.70. The lowest BCUT2D eigenvalue weighted by atomic mass is 10.0. The van der Waals surface area contributed by atoms with Crippen molar-refractivity contribution in [1.29, 1.82) is 0 Å². The van der Waals surface area contributed by atoms with Crippen molar-refractivity contribution < 1.29 is 13.6 Å². The predicted molar refractivity (Wildman–Crippen MR) is 100 cm³/mol. The van der Waals surface area contributed by atoms with E-state index in [1.54, 1.807) is 12.3 Å². The van der Waals surface area contributed by atoms with Gasteiger partial charge in [0.2, 0.25) is 0 Å². The van der Waals surface area contributed by atoms with Crippen LogP contribution in [0.5, 0.6) is 0 Å². The van der Waals surface area contributed by atoms with E-state index in [4.69, 9.17) is 0 Å². The number of hydrogen-bond donors (Lipinski definition) is 1. The zero-order valence-electron chi connectivity index (χ0n) is 14.5. The molecule has 2 heterocycles. The molecule has 1 aliphatic rings. The van der Waals surface area contributed by atoms with Crippen LogP contribution in [-0.2, 0) is 6.42 Å².